The summed E-state index contributed by atoms with van der Waals surface area (Å²) in [6.07, 6.45) is 7.95. The van der Waals surface area contributed by atoms with E-state index in [0.29, 0.717) is 11.7 Å². The molecule has 0 spiro atoms. The van der Waals surface area contributed by atoms with Gasteiger partial charge in [-0.3, -0.25) is 4.79 Å². The number of rotatable bonds is 0. The van der Waals surface area contributed by atoms with Crippen LogP contribution >= 0.6 is 0 Å². The predicted molar refractivity (Wildman–Crippen MR) is 35.0 cm³/mol. The van der Waals surface area contributed by atoms with Crippen molar-refractivity contribution in [2.75, 3.05) is 0 Å². The van der Waals surface area contributed by atoms with Gasteiger partial charge in [0, 0.05) is 12.0 Å². The van der Waals surface area contributed by atoms with E-state index in [-0.39, 0.29) is 0 Å². The standard InChI is InChI=1S/C8H8O/c9-8-5-6-1-3-7(8)4-2-6/h1,3-4,6H,2,5H2. The van der Waals surface area contributed by atoms with Gasteiger partial charge in [0.05, 0.1) is 0 Å². The van der Waals surface area contributed by atoms with E-state index >= 15 is 0 Å². The van der Waals surface area contributed by atoms with E-state index in [1.165, 1.54) is 0 Å². The third-order valence-corrected chi connectivity index (χ3v) is 1.96. The molecule has 0 aromatic rings. The van der Waals surface area contributed by atoms with Crippen LogP contribution in [0.5, 0.6) is 0 Å². The van der Waals surface area contributed by atoms with Gasteiger partial charge in [0.1, 0.15) is 0 Å². The smallest absolute Gasteiger partial charge is 0.163 e. The molecule has 1 heteroatoms. The van der Waals surface area contributed by atoms with Crippen LogP contribution in [0, 0.1) is 5.92 Å². The topological polar surface area (TPSA) is 17.1 Å². The largest absolute Gasteiger partial charge is 0.294 e. The van der Waals surface area contributed by atoms with Gasteiger partial charge in [0.2, 0.25) is 0 Å². The lowest BCUT2D eigenvalue weighted by Crippen LogP contribution is -2.17. The number of carbonyl (C=O) groups excluding carboxylic acids is 1. The first-order valence-corrected chi connectivity index (χ1v) is 3.28. The summed E-state index contributed by atoms with van der Waals surface area (Å²) in [5.74, 6) is 0.851. The van der Waals surface area contributed by atoms with Crippen molar-refractivity contribution in [3.05, 3.63) is 23.8 Å². The fourth-order valence-corrected chi connectivity index (χ4v) is 1.38. The molecule has 0 aromatic carbocycles. The Morgan fingerprint density at radius 3 is 2.67 bits per heavy atom. The minimum atomic E-state index is 0.328. The highest BCUT2D eigenvalue weighted by atomic mass is 16.1. The lowest BCUT2D eigenvalue weighted by atomic mass is 9.83. The maximum Gasteiger partial charge on any atom is 0.163 e. The zero-order valence-corrected chi connectivity index (χ0v) is 5.13. The quantitative estimate of drug-likeness (QED) is 0.473. The fourth-order valence-electron chi connectivity index (χ4n) is 1.38. The Balaban J connectivity index is 2.45. The Kier molecular flexibility index (Phi) is 0.865. The van der Waals surface area contributed by atoms with Crippen molar-refractivity contribution in [2.24, 2.45) is 5.92 Å². The average Bonchev–Trinajstić information content (AvgIpc) is 1.90. The number of hydrogen-bond donors (Lipinski definition) is 0. The van der Waals surface area contributed by atoms with Crippen molar-refractivity contribution in [1.82, 2.24) is 0 Å². The normalized spacial score (nSPS) is 30.9. The molecule has 0 saturated carbocycles. The van der Waals surface area contributed by atoms with E-state index in [2.05, 4.69) is 6.08 Å². The molecule has 46 valence electrons. The maximum absolute atomic E-state index is 10.9. The molecule has 3 rings (SSSR count). The number of ketones is 1. The summed E-state index contributed by atoms with van der Waals surface area (Å²) in [7, 11) is 0. The first-order valence-electron chi connectivity index (χ1n) is 3.28. The zero-order valence-electron chi connectivity index (χ0n) is 5.13. The summed E-state index contributed by atoms with van der Waals surface area (Å²) in [4.78, 5) is 10.9. The van der Waals surface area contributed by atoms with Crippen LogP contribution in [0.2, 0.25) is 0 Å². The Morgan fingerprint density at radius 2 is 2.44 bits per heavy atom. The fraction of sp³-hybridized carbons (Fsp3) is 0.375. The molecule has 0 saturated heterocycles. The van der Waals surface area contributed by atoms with Gasteiger partial charge >= 0.3 is 0 Å². The van der Waals surface area contributed by atoms with Crippen molar-refractivity contribution < 1.29 is 4.79 Å². The summed E-state index contributed by atoms with van der Waals surface area (Å²) in [5, 5.41) is 0. The van der Waals surface area contributed by atoms with E-state index < -0.39 is 0 Å². The zero-order chi connectivity index (χ0) is 6.27. The molecule has 0 N–H and O–H groups in total. The highest BCUT2D eigenvalue weighted by Crippen LogP contribution is 2.27. The van der Waals surface area contributed by atoms with E-state index in [1.54, 1.807) is 0 Å². The molecule has 0 amide bonds. The van der Waals surface area contributed by atoms with Gasteiger partial charge in [-0.05, 0) is 12.3 Å². The summed E-state index contributed by atoms with van der Waals surface area (Å²) in [6, 6.07) is 0. The van der Waals surface area contributed by atoms with Crippen LogP contribution < -0.4 is 0 Å². The molecule has 1 nitrogen and oxygen atoms in total. The van der Waals surface area contributed by atoms with E-state index in [1.807, 2.05) is 12.2 Å². The molecule has 0 radical (unpaired) electrons. The van der Waals surface area contributed by atoms with Gasteiger partial charge in [0.25, 0.3) is 0 Å². The predicted octanol–water partition coefficient (Wildman–Crippen LogP) is 1.46. The van der Waals surface area contributed by atoms with Gasteiger partial charge in [-0.2, -0.15) is 0 Å². The number of Topliss-reactive ketones (excluding diaryl/α,β-unsaturated/α-hetero) is 1. The Bertz CT molecular complexity index is 211. The van der Waals surface area contributed by atoms with Gasteiger partial charge in [-0.1, -0.05) is 18.2 Å². The molecule has 0 aliphatic heterocycles. The first kappa shape index (κ1) is 4.98. The molecule has 0 fully saturated rings. The summed E-state index contributed by atoms with van der Waals surface area (Å²) in [6.45, 7) is 0. The molecule has 3 aliphatic carbocycles. The van der Waals surface area contributed by atoms with E-state index in [4.69, 9.17) is 0 Å². The second-order valence-electron chi connectivity index (χ2n) is 2.64. The molecular formula is C8H8O. The Labute approximate surface area is 54.1 Å². The molecule has 9 heavy (non-hydrogen) atoms. The van der Waals surface area contributed by atoms with Crippen LogP contribution in [-0.4, -0.2) is 5.78 Å². The van der Waals surface area contributed by atoms with Gasteiger partial charge in [0.15, 0.2) is 5.78 Å². The van der Waals surface area contributed by atoms with Crippen LogP contribution in [0.15, 0.2) is 23.8 Å². The summed E-state index contributed by atoms with van der Waals surface area (Å²) >= 11 is 0. The maximum atomic E-state index is 10.9. The number of carbonyl (C=O) groups is 1. The molecular weight excluding hydrogens is 112 g/mol. The summed E-state index contributed by atoms with van der Waals surface area (Å²) < 4.78 is 0. The summed E-state index contributed by atoms with van der Waals surface area (Å²) in [5.41, 5.74) is 0.928. The minimum absolute atomic E-state index is 0.328. The average molecular weight is 120 g/mol. The molecule has 0 aromatic heterocycles. The van der Waals surface area contributed by atoms with Gasteiger partial charge < -0.3 is 0 Å². The van der Waals surface area contributed by atoms with Crippen molar-refractivity contribution in [3.8, 4) is 0 Å². The molecule has 2 bridgehead atoms. The van der Waals surface area contributed by atoms with E-state index in [0.717, 1.165) is 18.4 Å². The van der Waals surface area contributed by atoms with Crippen molar-refractivity contribution in [3.63, 3.8) is 0 Å². The Hall–Kier alpha value is -0.850. The van der Waals surface area contributed by atoms with Crippen molar-refractivity contribution >= 4 is 5.78 Å². The third kappa shape index (κ3) is 0.645. The van der Waals surface area contributed by atoms with Crippen LogP contribution in [0.1, 0.15) is 12.8 Å². The first-order chi connectivity index (χ1) is 4.36. The molecule has 1 atom stereocenters. The Morgan fingerprint density at radius 1 is 1.56 bits per heavy atom. The molecule has 0 heterocycles. The molecule has 3 aliphatic rings. The monoisotopic (exact) mass is 120 g/mol. The third-order valence-electron chi connectivity index (χ3n) is 1.96. The number of fused-ring (bicyclic) bond motifs is 2. The van der Waals surface area contributed by atoms with E-state index in [9.17, 15) is 4.79 Å². The number of allylic oxidation sites excluding steroid dienone is 4. The SMILES string of the molecule is O=C1CC2C=CC1=CC2. The molecule has 1 unspecified atom stereocenters. The van der Waals surface area contributed by atoms with Crippen LogP contribution in [0.4, 0.5) is 0 Å². The lowest BCUT2D eigenvalue weighted by Gasteiger charge is -2.21. The van der Waals surface area contributed by atoms with Crippen molar-refractivity contribution in [2.45, 2.75) is 12.8 Å². The van der Waals surface area contributed by atoms with Gasteiger partial charge in [-0.15, -0.1) is 0 Å². The highest BCUT2D eigenvalue weighted by Gasteiger charge is 2.22. The lowest BCUT2D eigenvalue weighted by molar-refractivity contribution is -0.116. The second-order valence-corrected chi connectivity index (χ2v) is 2.64. The van der Waals surface area contributed by atoms with Crippen LogP contribution in [0.3, 0.4) is 0 Å². The van der Waals surface area contributed by atoms with Crippen LogP contribution in [-0.2, 0) is 4.79 Å². The minimum Gasteiger partial charge on any atom is -0.294 e. The van der Waals surface area contributed by atoms with Gasteiger partial charge in [-0.25, -0.2) is 0 Å². The number of hydrogen-bond acceptors (Lipinski definition) is 1. The van der Waals surface area contributed by atoms with Crippen molar-refractivity contribution in [1.29, 1.82) is 0 Å². The highest BCUT2D eigenvalue weighted by molar-refractivity contribution is 6.00. The second kappa shape index (κ2) is 1.56. The van der Waals surface area contributed by atoms with Crippen LogP contribution in [0.25, 0.3) is 0 Å².